The van der Waals surface area contributed by atoms with E-state index in [2.05, 4.69) is 9.68 Å². The van der Waals surface area contributed by atoms with Gasteiger partial charge in [-0.1, -0.05) is 6.07 Å². The highest BCUT2D eigenvalue weighted by molar-refractivity contribution is 7.93. The van der Waals surface area contributed by atoms with Gasteiger partial charge in [-0.25, -0.2) is 13.4 Å². The molecule has 0 aliphatic carbocycles. The zero-order valence-electron chi connectivity index (χ0n) is 23.1. The van der Waals surface area contributed by atoms with E-state index in [0.717, 1.165) is 25.2 Å². The molecule has 2 aromatic carbocycles. The Morgan fingerprint density at radius 1 is 1.12 bits per heavy atom. The molecular formula is C26H30F5N3O6S. The number of anilines is 2. The second-order valence-corrected chi connectivity index (χ2v) is 12.6. The Bertz CT molecular complexity index is 1450. The Morgan fingerprint density at radius 2 is 1.78 bits per heavy atom. The van der Waals surface area contributed by atoms with Gasteiger partial charge in [-0.2, -0.15) is 17.6 Å². The number of nitrogens with zero attached hydrogens (tertiary/aromatic N) is 2. The van der Waals surface area contributed by atoms with Gasteiger partial charge in [0.2, 0.25) is 11.7 Å². The van der Waals surface area contributed by atoms with Crippen LogP contribution in [0.2, 0.25) is 0 Å². The van der Waals surface area contributed by atoms with Crippen LogP contribution in [0.5, 0.6) is 5.75 Å². The molecule has 0 saturated carbocycles. The molecule has 9 nitrogen and oxygen atoms in total. The molecule has 1 saturated heterocycles. The first kappa shape index (κ1) is 32.1. The SMILES string of the molecule is COc1c(N2CC(OC)(C(F)(F)F)CC2C(=O)Nc2cccc([S@@](C)(=O)=NC(=O)OC(C)(C)C)c2)ccc(F)c1F. The van der Waals surface area contributed by atoms with E-state index < -0.39 is 75.5 Å². The molecule has 226 valence electrons. The van der Waals surface area contributed by atoms with Crippen molar-refractivity contribution in [3.63, 3.8) is 0 Å². The van der Waals surface area contributed by atoms with E-state index in [1.807, 2.05) is 0 Å². The molecule has 3 atom stereocenters. The first-order valence-electron chi connectivity index (χ1n) is 12.1. The van der Waals surface area contributed by atoms with Gasteiger partial charge in [0, 0.05) is 30.4 Å². The predicted molar refractivity (Wildman–Crippen MR) is 141 cm³/mol. The Balaban J connectivity index is 2.00. The van der Waals surface area contributed by atoms with Crippen molar-refractivity contribution in [3.05, 3.63) is 48.0 Å². The van der Waals surface area contributed by atoms with Crippen molar-refractivity contribution in [1.29, 1.82) is 0 Å². The quantitative estimate of drug-likeness (QED) is 0.431. The van der Waals surface area contributed by atoms with Gasteiger partial charge in [-0.15, -0.1) is 4.36 Å². The lowest BCUT2D eigenvalue weighted by molar-refractivity contribution is -0.261. The summed E-state index contributed by atoms with van der Waals surface area (Å²) < 4.78 is 102. The van der Waals surface area contributed by atoms with Crippen LogP contribution in [-0.4, -0.2) is 66.6 Å². The van der Waals surface area contributed by atoms with Gasteiger partial charge in [0.25, 0.3) is 0 Å². The second-order valence-electron chi connectivity index (χ2n) is 10.3. The summed E-state index contributed by atoms with van der Waals surface area (Å²) in [4.78, 5) is 26.5. The highest BCUT2D eigenvalue weighted by Gasteiger charge is 2.63. The van der Waals surface area contributed by atoms with Crippen molar-refractivity contribution < 1.29 is 50.0 Å². The number of ether oxygens (including phenoxy) is 3. The number of rotatable bonds is 6. The van der Waals surface area contributed by atoms with Gasteiger partial charge < -0.3 is 24.4 Å². The van der Waals surface area contributed by atoms with Gasteiger partial charge in [0.05, 0.1) is 29.1 Å². The van der Waals surface area contributed by atoms with E-state index in [1.54, 1.807) is 20.8 Å². The van der Waals surface area contributed by atoms with Crippen molar-refractivity contribution >= 4 is 33.1 Å². The van der Waals surface area contributed by atoms with Crippen LogP contribution < -0.4 is 15.0 Å². The Hall–Kier alpha value is -3.46. The summed E-state index contributed by atoms with van der Waals surface area (Å²) in [5, 5.41) is 2.47. The number of carbonyl (C=O) groups excluding carboxylic acids is 2. The molecule has 3 rings (SSSR count). The maximum Gasteiger partial charge on any atom is 0.442 e. The van der Waals surface area contributed by atoms with Crippen molar-refractivity contribution in [1.82, 2.24) is 0 Å². The molecule has 0 radical (unpaired) electrons. The number of amides is 2. The van der Waals surface area contributed by atoms with Crippen LogP contribution in [0.4, 0.5) is 38.1 Å². The third-order valence-electron chi connectivity index (χ3n) is 6.26. The van der Waals surface area contributed by atoms with E-state index in [0.29, 0.717) is 6.07 Å². The van der Waals surface area contributed by atoms with Crippen molar-refractivity contribution in [2.24, 2.45) is 4.36 Å². The molecule has 0 bridgehead atoms. The minimum atomic E-state index is -4.93. The molecule has 41 heavy (non-hydrogen) atoms. The first-order chi connectivity index (χ1) is 18.8. The van der Waals surface area contributed by atoms with Crippen LogP contribution in [0.1, 0.15) is 27.2 Å². The van der Waals surface area contributed by atoms with E-state index in [1.165, 1.54) is 30.5 Å². The van der Waals surface area contributed by atoms with Crippen LogP contribution in [0, 0.1) is 11.6 Å². The number of hydrogen-bond donors (Lipinski definition) is 1. The smallest absolute Gasteiger partial charge is 0.442 e. The van der Waals surface area contributed by atoms with Gasteiger partial charge in [-0.3, -0.25) is 4.79 Å². The number of methoxy groups -OCH3 is 2. The summed E-state index contributed by atoms with van der Waals surface area (Å²) in [6, 6.07) is 5.55. The minimum absolute atomic E-state index is 0.0283. The van der Waals surface area contributed by atoms with Gasteiger partial charge in [-0.05, 0) is 51.1 Å². The highest BCUT2D eigenvalue weighted by Crippen LogP contribution is 2.47. The molecule has 15 heteroatoms. The predicted octanol–water partition coefficient (Wildman–Crippen LogP) is 5.53. The summed E-state index contributed by atoms with van der Waals surface area (Å²) in [5.41, 5.74) is -3.98. The van der Waals surface area contributed by atoms with E-state index in [4.69, 9.17) is 14.2 Å². The average Bonchev–Trinajstić information content (AvgIpc) is 3.26. The van der Waals surface area contributed by atoms with Crippen LogP contribution in [-0.2, 0) is 24.0 Å². The number of carbonyl (C=O) groups is 2. The molecule has 1 aliphatic heterocycles. The summed E-state index contributed by atoms with van der Waals surface area (Å²) >= 11 is 0. The van der Waals surface area contributed by atoms with Crippen LogP contribution in [0.3, 0.4) is 0 Å². The summed E-state index contributed by atoms with van der Waals surface area (Å²) in [5.74, 6) is -4.38. The number of hydrogen-bond acceptors (Lipinski definition) is 7. The minimum Gasteiger partial charge on any atom is -0.491 e. The average molecular weight is 608 g/mol. The summed E-state index contributed by atoms with van der Waals surface area (Å²) in [6.45, 7) is 3.89. The fraction of sp³-hybridized carbons (Fsp3) is 0.462. The molecule has 2 aromatic rings. The monoisotopic (exact) mass is 607 g/mol. The van der Waals surface area contributed by atoms with Gasteiger partial charge in [0.15, 0.2) is 17.2 Å². The Kier molecular flexibility index (Phi) is 8.94. The zero-order chi connectivity index (χ0) is 31.0. The molecule has 1 aliphatic rings. The molecule has 0 aromatic heterocycles. The highest BCUT2D eigenvalue weighted by atomic mass is 32.2. The fourth-order valence-electron chi connectivity index (χ4n) is 4.28. The second kappa shape index (κ2) is 11.4. The largest absolute Gasteiger partial charge is 0.491 e. The van der Waals surface area contributed by atoms with Crippen LogP contribution in [0.15, 0.2) is 45.7 Å². The lowest BCUT2D eigenvalue weighted by atomic mass is 9.99. The number of alkyl halides is 3. The van der Waals surface area contributed by atoms with E-state index >= 15 is 0 Å². The third kappa shape index (κ3) is 6.89. The molecule has 2 unspecified atom stereocenters. The molecule has 2 amide bonds. The third-order valence-corrected chi connectivity index (χ3v) is 7.89. The molecular weight excluding hydrogens is 577 g/mol. The number of nitrogens with one attached hydrogen (secondary N) is 1. The first-order valence-corrected chi connectivity index (χ1v) is 14.0. The van der Waals surface area contributed by atoms with Crippen molar-refractivity contribution in [2.45, 2.75) is 55.5 Å². The summed E-state index contributed by atoms with van der Waals surface area (Å²) in [7, 11) is -1.50. The standard InChI is InChI=1S/C26H30F5N3O6S/c1-24(2,3)40-23(36)33-41(6,37)16-9-7-8-15(12-16)32-22(35)19-13-25(39-5,26(29,30)31)14-34(19)18-11-10-17(27)20(28)21(18)38-4/h7-12,19H,13-14H2,1-6H3,(H,32,35)/t19?,25?,41-/m1/s1. The number of halogens is 5. The Labute approximate surface area is 234 Å². The maximum atomic E-state index is 14.5. The van der Waals surface area contributed by atoms with Crippen molar-refractivity contribution in [2.75, 3.05) is 37.2 Å². The molecule has 1 heterocycles. The topological polar surface area (TPSA) is 107 Å². The maximum absolute atomic E-state index is 14.5. The molecule has 1 fully saturated rings. The summed E-state index contributed by atoms with van der Waals surface area (Å²) in [6.07, 6.45) is -5.71. The van der Waals surface area contributed by atoms with E-state index in [-0.39, 0.29) is 16.3 Å². The Morgan fingerprint density at radius 3 is 2.34 bits per heavy atom. The number of benzene rings is 2. The zero-order valence-corrected chi connectivity index (χ0v) is 23.9. The molecule has 1 N–H and O–H groups in total. The normalized spacial score (nSPS) is 20.8. The van der Waals surface area contributed by atoms with E-state index in [9.17, 15) is 35.8 Å². The van der Waals surface area contributed by atoms with Crippen LogP contribution in [0.25, 0.3) is 0 Å². The fourth-order valence-corrected chi connectivity index (χ4v) is 5.39. The van der Waals surface area contributed by atoms with Gasteiger partial charge in [0.1, 0.15) is 11.6 Å². The van der Waals surface area contributed by atoms with Crippen molar-refractivity contribution in [3.8, 4) is 5.75 Å². The van der Waals surface area contributed by atoms with Crippen LogP contribution >= 0.6 is 0 Å². The lowest BCUT2D eigenvalue weighted by Gasteiger charge is -2.31. The lowest BCUT2D eigenvalue weighted by Crippen LogP contribution is -2.49. The van der Waals surface area contributed by atoms with Gasteiger partial charge >= 0.3 is 12.3 Å². The molecule has 0 spiro atoms.